The summed E-state index contributed by atoms with van der Waals surface area (Å²) in [7, 11) is 0. The Hall–Kier alpha value is -1.85. The molecule has 0 aliphatic carbocycles. The Bertz CT molecular complexity index is 667. The van der Waals surface area contributed by atoms with E-state index in [-0.39, 0.29) is 18.3 Å². The second-order valence-electron chi connectivity index (χ2n) is 7.01. The lowest BCUT2D eigenvalue weighted by atomic mass is 9.85. The third kappa shape index (κ3) is 5.85. The molecule has 1 aromatic heterocycles. The third-order valence-electron chi connectivity index (χ3n) is 5.09. The van der Waals surface area contributed by atoms with Gasteiger partial charge in [0.1, 0.15) is 5.82 Å². The predicted octanol–water partition coefficient (Wildman–Crippen LogP) is 3.51. The highest BCUT2D eigenvalue weighted by Crippen LogP contribution is 2.23. The van der Waals surface area contributed by atoms with Crippen molar-refractivity contribution in [3.05, 3.63) is 48.2 Å². The van der Waals surface area contributed by atoms with Crippen LogP contribution in [0.1, 0.15) is 31.7 Å². The summed E-state index contributed by atoms with van der Waals surface area (Å²) >= 11 is 0. The molecule has 1 aromatic carbocycles. The molecule has 0 spiro atoms. The minimum Gasteiger partial charge on any atom is -0.316 e. The van der Waals surface area contributed by atoms with E-state index in [1.54, 1.807) is 6.20 Å². The zero-order valence-electron chi connectivity index (χ0n) is 15.4. The zero-order chi connectivity index (χ0) is 17.5. The van der Waals surface area contributed by atoms with E-state index in [0.717, 1.165) is 31.9 Å². The van der Waals surface area contributed by atoms with Crippen LogP contribution in [0.5, 0.6) is 0 Å². The van der Waals surface area contributed by atoms with Crippen molar-refractivity contribution in [2.45, 2.75) is 39.2 Å². The van der Waals surface area contributed by atoms with Gasteiger partial charge in [0.25, 0.3) is 0 Å². The SMILES string of the molecule is CC(CC(=O)Nc1ccnn1CCc1ccccc1)C1CCCNC1.Cl. The topological polar surface area (TPSA) is 59.0 Å². The minimum absolute atomic E-state index is 0. The molecule has 1 aliphatic heterocycles. The van der Waals surface area contributed by atoms with Crippen molar-refractivity contribution in [1.29, 1.82) is 0 Å². The summed E-state index contributed by atoms with van der Waals surface area (Å²) in [6.45, 7) is 5.08. The monoisotopic (exact) mass is 376 g/mol. The number of nitrogens with one attached hydrogen (secondary N) is 2. The minimum atomic E-state index is 0. The average molecular weight is 377 g/mol. The summed E-state index contributed by atoms with van der Waals surface area (Å²) in [6.07, 6.45) is 5.64. The first-order valence-corrected chi connectivity index (χ1v) is 9.28. The van der Waals surface area contributed by atoms with Crippen LogP contribution in [-0.4, -0.2) is 28.8 Å². The van der Waals surface area contributed by atoms with Crippen LogP contribution >= 0.6 is 12.4 Å². The number of amides is 1. The molecule has 0 saturated carbocycles. The van der Waals surface area contributed by atoms with Crippen molar-refractivity contribution in [3.63, 3.8) is 0 Å². The number of hydrogen-bond acceptors (Lipinski definition) is 3. The van der Waals surface area contributed by atoms with E-state index in [0.29, 0.717) is 18.3 Å². The van der Waals surface area contributed by atoms with Crippen molar-refractivity contribution in [2.75, 3.05) is 18.4 Å². The zero-order valence-corrected chi connectivity index (χ0v) is 16.2. The Labute approximate surface area is 162 Å². The maximum atomic E-state index is 12.4. The molecule has 142 valence electrons. The number of aryl methyl sites for hydroxylation is 2. The van der Waals surface area contributed by atoms with Crippen molar-refractivity contribution >= 4 is 24.1 Å². The molecular formula is C20H29ClN4O. The first-order chi connectivity index (χ1) is 12.2. The smallest absolute Gasteiger partial charge is 0.225 e. The molecule has 2 N–H and O–H groups in total. The van der Waals surface area contributed by atoms with E-state index in [2.05, 4.69) is 34.8 Å². The second-order valence-corrected chi connectivity index (χ2v) is 7.01. The molecule has 2 unspecified atom stereocenters. The van der Waals surface area contributed by atoms with Gasteiger partial charge in [0, 0.05) is 19.0 Å². The molecule has 2 aromatic rings. The number of benzene rings is 1. The average Bonchev–Trinajstić information content (AvgIpc) is 3.08. The lowest BCUT2D eigenvalue weighted by Crippen LogP contribution is -2.34. The number of aromatic nitrogens is 2. The van der Waals surface area contributed by atoms with E-state index >= 15 is 0 Å². The summed E-state index contributed by atoms with van der Waals surface area (Å²) in [5, 5.41) is 10.8. The van der Waals surface area contributed by atoms with Crippen LogP contribution < -0.4 is 10.6 Å². The molecule has 1 aliphatic rings. The maximum absolute atomic E-state index is 12.4. The van der Waals surface area contributed by atoms with Gasteiger partial charge in [-0.15, -0.1) is 12.4 Å². The fourth-order valence-corrected chi connectivity index (χ4v) is 3.51. The van der Waals surface area contributed by atoms with Crippen LogP contribution in [0.2, 0.25) is 0 Å². The number of hydrogen-bond donors (Lipinski definition) is 2. The van der Waals surface area contributed by atoms with E-state index in [9.17, 15) is 4.79 Å². The molecular weight excluding hydrogens is 348 g/mol. The van der Waals surface area contributed by atoms with Crippen LogP contribution in [-0.2, 0) is 17.8 Å². The number of rotatable bonds is 7. The predicted molar refractivity (Wildman–Crippen MR) is 108 cm³/mol. The van der Waals surface area contributed by atoms with Gasteiger partial charge in [-0.3, -0.25) is 4.79 Å². The standard InChI is InChI=1S/C20H28N4O.ClH/c1-16(18-8-5-11-21-15-18)14-20(25)23-19-9-12-22-24(19)13-10-17-6-3-2-4-7-17;/h2-4,6-7,9,12,16,18,21H,5,8,10-11,13-15H2,1H3,(H,23,25);1H. The third-order valence-corrected chi connectivity index (χ3v) is 5.09. The number of piperidine rings is 1. The number of carbonyl (C=O) groups excluding carboxylic acids is 1. The van der Waals surface area contributed by atoms with Gasteiger partial charge < -0.3 is 10.6 Å². The lowest BCUT2D eigenvalue weighted by Gasteiger charge is -2.28. The van der Waals surface area contributed by atoms with E-state index < -0.39 is 0 Å². The first kappa shape index (κ1) is 20.5. The number of anilines is 1. The second kappa shape index (κ2) is 10.3. The Kier molecular flexibility index (Phi) is 8.13. The number of nitrogens with zero attached hydrogens (tertiary/aromatic N) is 2. The van der Waals surface area contributed by atoms with E-state index in [1.807, 2.05) is 28.9 Å². The van der Waals surface area contributed by atoms with Gasteiger partial charge in [-0.05, 0) is 49.8 Å². The number of halogens is 1. The van der Waals surface area contributed by atoms with Gasteiger partial charge in [-0.25, -0.2) is 4.68 Å². The molecule has 26 heavy (non-hydrogen) atoms. The van der Waals surface area contributed by atoms with Crippen molar-refractivity contribution in [2.24, 2.45) is 11.8 Å². The summed E-state index contributed by atoms with van der Waals surface area (Å²) in [4.78, 5) is 12.4. The van der Waals surface area contributed by atoms with Crippen LogP contribution in [0.15, 0.2) is 42.6 Å². The van der Waals surface area contributed by atoms with Gasteiger partial charge in [0.15, 0.2) is 0 Å². The van der Waals surface area contributed by atoms with E-state index in [4.69, 9.17) is 0 Å². The van der Waals surface area contributed by atoms with Crippen LogP contribution in [0.25, 0.3) is 0 Å². The summed E-state index contributed by atoms with van der Waals surface area (Å²) in [5.74, 6) is 1.87. The molecule has 2 heterocycles. The van der Waals surface area contributed by atoms with Gasteiger partial charge in [0.05, 0.1) is 6.20 Å². The van der Waals surface area contributed by atoms with Crippen LogP contribution in [0, 0.1) is 11.8 Å². The van der Waals surface area contributed by atoms with Crippen molar-refractivity contribution in [1.82, 2.24) is 15.1 Å². The Balaban J connectivity index is 0.00000243. The largest absolute Gasteiger partial charge is 0.316 e. The summed E-state index contributed by atoms with van der Waals surface area (Å²) in [5.41, 5.74) is 1.27. The van der Waals surface area contributed by atoms with Gasteiger partial charge >= 0.3 is 0 Å². The highest BCUT2D eigenvalue weighted by atomic mass is 35.5. The highest BCUT2D eigenvalue weighted by Gasteiger charge is 2.22. The van der Waals surface area contributed by atoms with Crippen LogP contribution in [0.3, 0.4) is 0 Å². The molecule has 0 bridgehead atoms. The van der Waals surface area contributed by atoms with Crippen LogP contribution in [0.4, 0.5) is 5.82 Å². The van der Waals surface area contributed by atoms with Gasteiger partial charge in [0.2, 0.25) is 5.91 Å². The van der Waals surface area contributed by atoms with Crippen molar-refractivity contribution < 1.29 is 4.79 Å². The summed E-state index contributed by atoms with van der Waals surface area (Å²) < 4.78 is 1.87. The Morgan fingerprint density at radius 2 is 2.15 bits per heavy atom. The van der Waals surface area contributed by atoms with Gasteiger partial charge in [-0.1, -0.05) is 37.3 Å². The molecule has 6 heteroatoms. The Morgan fingerprint density at radius 1 is 1.35 bits per heavy atom. The first-order valence-electron chi connectivity index (χ1n) is 9.28. The molecule has 1 amide bonds. The normalized spacial score (nSPS) is 18.0. The highest BCUT2D eigenvalue weighted by molar-refractivity contribution is 5.89. The number of carbonyl (C=O) groups is 1. The molecule has 3 rings (SSSR count). The molecule has 5 nitrogen and oxygen atoms in total. The molecule has 2 atom stereocenters. The van der Waals surface area contributed by atoms with E-state index in [1.165, 1.54) is 18.4 Å². The maximum Gasteiger partial charge on any atom is 0.225 e. The summed E-state index contributed by atoms with van der Waals surface area (Å²) in [6, 6.07) is 12.2. The van der Waals surface area contributed by atoms with Gasteiger partial charge in [-0.2, -0.15) is 5.10 Å². The lowest BCUT2D eigenvalue weighted by molar-refractivity contribution is -0.117. The molecule has 1 fully saturated rings. The quantitative estimate of drug-likeness (QED) is 0.777. The fraction of sp³-hybridized carbons (Fsp3) is 0.500. The molecule has 0 radical (unpaired) electrons. The Morgan fingerprint density at radius 3 is 2.88 bits per heavy atom. The van der Waals surface area contributed by atoms with Crippen molar-refractivity contribution in [3.8, 4) is 0 Å². The molecule has 1 saturated heterocycles. The fourth-order valence-electron chi connectivity index (χ4n) is 3.51.